The second-order valence-corrected chi connectivity index (χ2v) is 11.6. The van der Waals surface area contributed by atoms with Crippen molar-refractivity contribution >= 4 is 58.6 Å². The van der Waals surface area contributed by atoms with Crippen LogP contribution in [-0.4, -0.2) is 69.1 Å². The zero-order valence-electron chi connectivity index (χ0n) is 26.1. The lowest BCUT2D eigenvalue weighted by atomic mass is 10.1. The number of halogens is 5. The number of ether oxygens (including phenoxy) is 1. The fourth-order valence-corrected chi connectivity index (χ4v) is 4.70. The highest BCUT2D eigenvalue weighted by atomic mass is 35.5. The summed E-state index contributed by atoms with van der Waals surface area (Å²) in [5.74, 6) is -5.68. The third kappa shape index (κ3) is 10.2. The van der Waals surface area contributed by atoms with Crippen LogP contribution in [0.4, 0.5) is 40.8 Å². The normalized spacial score (nSPS) is 13.7. The lowest BCUT2D eigenvalue weighted by Crippen LogP contribution is -2.50. The molecular weight excluding hydrogens is 704 g/mol. The third-order valence-corrected chi connectivity index (χ3v) is 7.49. The largest absolute Gasteiger partial charge is 0.480 e. The van der Waals surface area contributed by atoms with Crippen LogP contribution in [0.3, 0.4) is 0 Å². The summed E-state index contributed by atoms with van der Waals surface area (Å²) in [6.45, 7) is -2.31. The van der Waals surface area contributed by atoms with Gasteiger partial charge in [-0.05, 0) is 73.0 Å². The van der Waals surface area contributed by atoms with Crippen molar-refractivity contribution in [2.45, 2.75) is 30.6 Å². The molecule has 0 bridgehead atoms. The van der Waals surface area contributed by atoms with Crippen LogP contribution in [0.2, 0.25) is 5.02 Å². The van der Waals surface area contributed by atoms with Crippen LogP contribution in [0.15, 0.2) is 72.8 Å². The molecule has 51 heavy (non-hydrogen) atoms. The second kappa shape index (κ2) is 15.2. The summed E-state index contributed by atoms with van der Waals surface area (Å²) in [6, 6.07) is 15.0. The molecule has 3 amide bonds. The van der Waals surface area contributed by atoms with Gasteiger partial charge in [0.1, 0.15) is 11.9 Å². The van der Waals surface area contributed by atoms with E-state index in [9.17, 15) is 41.8 Å². The molecule has 0 unspecified atom stereocenters. The van der Waals surface area contributed by atoms with Crippen molar-refractivity contribution < 1.29 is 46.6 Å². The van der Waals surface area contributed by atoms with Gasteiger partial charge in [0.2, 0.25) is 11.9 Å². The first kappa shape index (κ1) is 36.2. The number of nitrogens with one attached hydrogen (secondary N) is 5. The molecule has 0 aliphatic heterocycles. The fraction of sp³-hybridized carbons (Fsp3) is 0.219. The molecule has 1 fully saturated rings. The van der Waals surface area contributed by atoms with Gasteiger partial charge in [0, 0.05) is 28.5 Å². The number of aromatic nitrogens is 3. The van der Waals surface area contributed by atoms with Gasteiger partial charge in [-0.3, -0.25) is 14.4 Å². The van der Waals surface area contributed by atoms with E-state index >= 15 is 0 Å². The van der Waals surface area contributed by atoms with Gasteiger partial charge in [-0.1, -0.05) is 29.8 Å². The van der Waals surface area contributed by atoms with Crippen molar-refractivity contribution in [3.8, 4) is 6.01 Å². The molecule has 0 spiro atoms. The molecule has 1 saturated carbocycles. The summed E-state index contributed by atoms with van der Waals surface area (Å²) >= 11 is 6.00. The minimum absolute atomic E-state index is 0.000180. The van der Waals surface area contributed by atoms with Gasteiger partial charge in [0.15, 0.2) is 6.61 Å². The van der Waals surface area contributed by atoms with E-state index in [0.29, 0.717) is 17.9 Å². The van der Waals surface area contributed by atoms with Crippen molar-refractivity contribution in [2.75, 3.05) is 29.1 Å². The van der Waals surface area contributed by atoms with Gasteiger partial charge in [0.05, 0.1) is 5.54 Å². The molecule has 6 N–H and O–H groups in total. The molecule has 14 nitrogen and oxygen atoms in total. The van der Waals surface area contributed by atoms with Gasteiger partial charge in [-0.25, -0.2) is 9.18 Å². The maximum absolute atomic E-state index is 13.3. The van der Waals surface area contributed by atoms with Gasteiger partial charge in [-0.2, -0.15) is 28.1 Å². The van der Waals surface area contributed by atoms with E-state index in [0.717, 1.165) is 17.7 Å². The Morgan fingerprint density at radius 1 is 0.902 bits per heavy atom. The van der Waals surface area contributed by atoms with E-state index in [2.05, 4.69) is 41.5 Å². The molecule has 266 valence electrons. The average Bonchev–Trinajstić information content (AvgIpc) is 3.85. The summed E-state index contributed by atoms with van der Waals surface area (Å²) in [5, 5.41) is 22.5. The monoisotopic (exact) mass is 730 g/mol. The topological polar surface area (TPSA) is 197 Å². The van der Waals surface area contributed by atoms with E-state index in [1.807, 2.05) is 12.1 Å². The Kier molecular flexibility index (Phi) is 10.8. The van der Waals surface area contributed by atoms with Crippen molar-refractivity contribution in [3.05, 3.63) is 94.8 Å². The minimum atomic E-state index is -4.66. The molecule has 0 radical (unpaired) electrons. The van der Waals surface area contributed by atoms with Crippen LogP contribution >= 0.6 is 11.6 Å². The number of benzene rings is 3. The Morgan fingerprint density at radius 2 is 1.59 bits per heavy atom. The van der Waals surface area contributed by atoms with Crippen LogP contribution in [0.1, 0.15) is 28.8 Å². The minimum Gasteiger partial charge on any atom is -0.480 e. The van der Waals surface area contributed by atoms with Crippen LogP contribution in [0, 0.1) is 5.82 Å². The first-order valence-electron chi connectivity index (χ1n) is 14.9. The third-order valence-electron chi connectivity index (χ3n) is 7.24. The molecule has 1 heterocycles. The Hall–Kier alpha value is -6.04. The van der Waals surface area contributed by atoms with E-state index in [1.165, 1.54) is 36.4 Å². The van der Waals surface area contributed by atoms with Crippen molar-refractivity contribution in [1.82, 2.24) is 25.6 Å². The average molecular weight is 731 g/mol. The number of carboxylic acid groups (broad SMARTS) is 1. The zero-order valence-corrected chi connectivity index (χ0v) is 26.8. The number of anilines is 4. The molecular formula is C32H27ClF4N8O6. The molecule has 0 saturated heterocycles. The van der Waals surface area contributed by atoms with Crippen LogP contribution < -0.4 is 31.3 Å². The Balaban J connectivity index is 1.22. The number of carbonyl (C=O) groups excluding carboxylic acids is 3. The smallest absolute Gasteiger partial charge is 0.422 e. The molecule has 1 aliphatic carbocycles. The maximum atomic E-state index is 13.3. The molecule has 19 heteroatoms. The Bertz CT molecular complexity index is 1930. The van der Waals surface area contributed by atoms with Crippen molar-refractivity contribution in [1.29, 1.82) is 0 Å². The number of carbonyl (C=O) groups is 4. The summed E-state index contributed by atoms with van der Waals surface area (Å²) < 4.78 is 56.8. The highest BCUT2D eigenvalue weighted by Gasteiger charge is 2.45. The SMILES string of the molecule is O=C(NC[C@H](NC(=O)c1ccc(Nc2nc(NC3(c4ccc(Cl)cc4)CC3)nc(OCC(F)(F)F)n2)cc1)C(=O)O)C(=O)Nc1cccc(F)c1. The maximum Gasteiger partial charge on any atom is 0.422 e. The first-order valence-corrected chi connectivity index (χ1v) is 15.3. The van der Waals surface area contributed by atoms with E-state index < -0.39 is 66.4 Å². The first-order chi connectivity index (χ1) is 24.2. The molecule has 3 aromatic carbocycles. The number of amides is 3. The van der Waals surface area contributed by atoms with Crippen LogP contribution in [0.25, 0.3) is 0 Å². The second-order valence-electron chi connectivity index (χ2n) is 11.1. The van der Waals surface area contributed by atoms with E-state index in [1.54, 1.807) is 12.1 Å². The van der Waals surface area contributed by atoms with Crippen molar-refractivity contribution in [2.24, 2.45) is 0 Å². The fourth-order valence-electron chi connectivity index (χ4n) is 4.58. The van der Waals surface area contributed by atoms with Gasteiger partial charge in [0.25, 0.3) is 5.91 Å². The van der Waals surface area contributed by atoms with Crippen molar-refractivity contribution in [3.63, 3.8) is 0 Å². The molecule has 5 rings (SSSR count). The summed E-state index contributed by atoms with van der Waals surface area (Å²) in [4.78, 5) is 61.0. The number of hydrogen-bond acceptors (Lipinski definition) is 10. The standard InChI is InChI=1S/C32H27ClF4N8O6/c33-19-8-6-18(7-9-19)31(12-13-31)45-29-42-28(43-30(44-29)51-16-32(35,36)37)40-21-10-4-17(5-11-21)24(46)41-23(27(49)50)15-38-25(47)26(48)39-22-3-1-2-20(34)14-22/h1-11,14,23H,12-13,15-16H2,(H,38,47)(H,39,48)(H,41,46)(H,49,50)(H2,40,42,43,44,45)/t23-/m0/s1. The molecule has 1 aromatic heterocycles. The van der Waals surface area contributed by atoms with Gasteiger partial charge < -0.3 is 36.4 Å². The molecule has 1 atom stereocenters. The Labute approximate surface area is 291 Å². The molecule has 1 aliphatic rings. The Morgan fingerprint density at radius 3 is 2.22 bits per heavy atom. The predicted octanol–water partition coefficient (Wildman–Crippen LogP) is 4.39. The quantitative estimate of drug-likeness (QED) is 0.0843. The summed E-state index contributed by atoms with van der Waals surface area (Å²) in [7, 11) is 0. The van der Waals surface area contributed by atoms with E-state index in [4.69, 9.17) is 16.3 Å². The number of carboxylic acids is 1. The van der Waals surface area contributed by atoms with E-state index in [-0.39, 0.29) is 28.8 Å². The lowest BCUT2D eigenvalue weighted by molar-refractivity contribution is -0.154. The van der Waals surface area contributed by atoms with Crippen LogP contribution in [0.5, 0.6) is 6.01 Å². The summed E-state index contributed by atoms with van der Waals surface area (Å²) in [5.41, 5.74) is 0.571. The number of nitrogens with zero attached hydrogens (tertiary/aromatic N) is 3. The van der Waals surface area contributed by atoms with Gasteiger partial charge in [-0.15, -0.1) is 0 Å². The highest BCUT2D eigenvalue weighted by molar-refractivity contribution is 6.39. The molecule has 4 aromatic rings. The lowest BCUT2D eigenvalue weighted by Gasteiger charge is -2.19. The number of aliphatic carboxylic acids is 1. The summed E-state index contributed by atoms with van der Waals surface area (Å²) in [6.07, 6.45) is -3.28. The van der Waals surface area contributed by atoms with Crippen LogP contribution in [-0.2, 0) is 19.9 Å². The number of rotatable bonds is 13. The predicted molar refractivity (Wildman–Crippen MR) is 174 cm³/mol. The number of hydrogen-bond donors (Lipinski definition) is 6. The zero-order chi connectivity index (χ0) is 36.8. The number of alkyl halides is 3. The van der Waals surface area contributed by atoms with Gasteiger partial charge >= 0.3 is 30.0 Å². The highest BCUT2D eigenvalue weighted by Crippen LogP contribution is 2.48.